The SMILES string of the molecule is O=CNC(=O)NC(c1ccccc1)c1ccccc1. The van der Waals surface area contributed by atoms with Crippen molar-refractivity contribution in [3.63, 3.8) is 0 Å². The minimum absolute atomic E-state index is 0.289. The zero-order chi connectivity index (χ0) is 13.5. The second-order valence-electron chi connectivity index (χ2n) is 3.99. The lowest BCUT2D eigenvalue weighted by molar-refractivity contribution is -0.108. The van der Waals surface area contributed by atoms with Crippen LogP contribution in [-0.4, -0.2) is 12.4 Å². The Labute approximate surface area is 111 Å². The summed E-state index contributed by atoms with van der Waals surface area (Å²) in [4.78, 5) is 21.8. The fraction of sp³-hybridized carbons (Fsp3) is 0.0667. The average Bonchev–Trinajstić information content (AvgIpc) is 2.47. The number of urea groups is 1. The number of hydrogen-bond donors (Lipinski definition) is 2. The van der Waals surface area contributed by atoms with Crippen molar-refractivity contribution in [3.8, 4) is 0 Å². The predicted molar refractivity (Wildman–Crippen MR) is 72.5 cm³/mol. The summed E-state index contributed by atoms with van der Waals surface area (Å²) in [5.41, 5.74) is 1.91. The van der Waals surface area contributed by atoms with Crippen LogP contribution in [0.2, 0.25) is 0 Å². The molecule has 0 atom stereocenters. The van der Waals surface area contributed by atoms with Crippen molar-refractivity contribution < 1.29 is 9.59 Å². The highest BCUT2D eigenvalue weighted by molar-refractivity contribution is 5.84. The highest BCUT2D eigenvalue weighted by Crippen LogP contribution is 2.21. The summed E-state index contributed by atoms with van der Waals surface area (Å²) in [7, 11) is 0. The van der Waals surface area contributed by atoms with Gasteiger partial charge in [-0.25, -0.2) is 4.79 Å². The lowest BCUT2D eigenvalue weighted by Crippen LogP contribution is -2.37. The highest BCUT2D eigenvalue weighted by Gasteiger charge is 2.15. The van der Waals surface area contributed by atoms with Crippen molar-refractivity contribution >= 4 is 12.4 Å². The normalized spacial score (nSPS) is 9.95. The molecule has 0 bridgehead atoms. The summed E-state index contributed by atoms with van der Waals surface area (Å²) in [5.74, 6) is 0. The van der Waals surface area contributed by atoms with Crippen molar-refractivity contribution in [2.24, 2.45) is 0 Å². The molecule has 0 spiro atoms. The lowest BCUT2D eigenvalue weighted by atomic mass is 9.99. The zero-order valence-electron chi connectivity index (χ0n) is 10.2. The van der Waals surface area contributed by atoms with Gasteiger partial charge in [-0.05, 0) is 11.1 Å². The summed E-state index contributed by atoms with van der Waals surface area (Å²) < 4.78 is 0. The zero-order valence-corrected chi connectivity index (χ0v) is 10.2. The van der Waals surface area contributed by atoms with Crippen molar-refractivity contribution in [2.75, 3.05) is 0 Å². The number of amides is 3. The Kier molecular flexibility index (Phi) is 4.29. The van der Waals surface area contributed by atoms with Gasteiger partial charge in [-0.1, -0.05) is 60.7 Å². The van der Waals surface area contributed by atoms with Gasteiger partial charge in [0.1, 0.15) is 0 Å². The number of rotatable bonds is 4. The van der Waals surface area contributed by atoms with Crippen LogP contribution >= 0.6 is 0 Å². The van der Waals surface area contributed by atoms with Crippen molar-refractivity contribution in [2.45, 2.75) is 6.04 Å². The Balaban J connectivity index is 2.29. The Hall–Kier alpha value is -2.62. The fourth-order valence-corrected chi connectivity index (χ4v) is 1.88. The molecule has 0 saturated heterocycles. The third-order valence-corrected chi connectivity index (χ3v) is 2.73. The van der Waals surface area contributed by atoms with E-state index in [9.17, 15) is 9.59 Å². The van der Waals surface area contributed by atoms with Crippen molar-refractivity contribution in [1.82, 2.24) is 10.6 Å². The van der Waals surface area contributed by atoms with E-state index in [0.29, 0.717) is 6.41 Å². The maximum Gasteiger partial charge on any atom is 0.321 e. The van der Waals surface area contributed by atoms with E-state index in [1.807, 2.05) is 60.7 Å². The summed E-state index contributed by atoms with van der Waals surface area (Å²) in [6.07, 6.45) is 0.363. The predicted octanol–water partition coefficient (Wildman–Crippen LogP) is 2.23. The molecule has 0 aliphatic heterocycles. The maximum absolute atomic E-state index is 11.5. The van der Waals surface area contributed by atoms with E-state index in [4.69, 9.17) is 0 Å². The summed E-state index contributed by atoms with van der Waals surface area (Å²) in [6, 6.07) is 18.4. The topological polar surface area (TPSA) is 58.2 Å². The molecule has 2 aromatic carbocycles. The van der Waals surface area contributed by atoms with Gasteiger partial charge < -0.3 is 5.32 Å². The summed E-state index contributed by atoms with van der Waals surface area (Å²) in [5, 5.41) is 4.85. The van der Waals surface area contributed by atoms with Gasteiger partial charge in [-0.15, -0.1) is 0 Å². The molecule has 19 heavy (non-hydrogen) atoms. The summed E-state index contributed by atoms with van der Waals surface area (Å²) >= 11 is 0. The van der Waals surface area contributed by atoms with Gasteiger partial charge >= 0.3 is 6.03 Å². The van der Waals surface area contributed by atoms with Crippen LogP contribution in [0.5, 0.6) is 0 Å². The molecule has 4 nitrogen and oxygen atoms in total. The second kappa shape index (κ2) is 6.35. The van der Waals surface area contributed by atoms with Crippen LogP contribution in [0, 0.1) is 0 Å². The first-order chi connectivity index (χ1) is 9.31. The molecule has 0 aliphatic rings. The quantitative estimate of drug-likeness (QED) is 0.822. The molecule has 3 amide bonds. The second-order valence-corrected chi connectivity index (χ2v) is 3.99. The Morgan fingerprint density at radius 1 is 0.895 bits per heavy atom. The molecule has 0 aliphatic carbocycles. The fourth-order valence-electron chi connectivity index (χ4n) is 1.88. The molecular formula is C15H14N2O2. The number of nitrogens with one attached hydrogen (secondary N) is 2. The van der Waals surface area contributed by atoms with Gasteiger partial charge in [-0.2, -0.15) is 0 Å². The highest BCUT2D eigenvalue weighted by atomic mass is 16.2. The number of hydrogen-bond acceptors (Lipinski definition) is 2. The van der Waals surface area contributed by atoms with Gasteiger partial charge in [0, 0.05) is 0 Å². The van der Waals surface area contributed by atoms with Gasteiger partial charge in [0.05, 0.1) is 6.04 Å². The smallest absolute Gasteiger partial charge is 0.321 e. The van der Waals surface area contributed by atoms with Crippen LogP contribution in [0.3, 0.4) is 0 Å². The molecule has 2 N–H and O–H groups in total. The van der Waals surface area contributed by atoms with Crippen LogP contribution in [0.1, 0.15) is 17.2 Å². The van der Waals surface area contributed by atoms with Crippen LogP contribution in [0.4, 0.5) is 4.79 Å². The van der Waals surface area contributed by atoms with Gasteiger partial charge in [0.2, 0.25) is 6.41 Å². The first kappa shape index (κ1) is 12.8. The number of benzene rings is 2. The standard InChI is InChI=1S/C15H14N2O2/c18-11-16-15(19)17-14(12-7-3-1-4-8-12)13-9-5-2-6-10-13/h1-11,14H,(H2,16,17,18,19). The van der Waals surface area contributed by atoms with E-state index in [2.05, 4.69) is 10.6 Å². The molecule has 96 valence electrons. The minimum Gasteiger partial charge on any atom is -0.327 e. The van der Waals surface area contributed by atoms with Crippen molar-refractivity contribution in [1.29, 1.82) is 0 Å². The van der Waals surface area contributed by atoms with Crippen LogP contribution in [0.25, 0.3) is 0 Å². The van der Waals surface area contributed by atoms with Crippen LogP contribution in [-0.2, 0) is 4.79 Å². The van der Waals surface area contributed by atoms with Gasteiger partial charge in [0.25, 0.3) is 0 Å². The maximum atomic E-state index is 11.5. The monoisotopic (exact) mass is 254 g/mol. The molecular weight excluding hydrogens is 240 g/mol. The molecule has 2 rings (SSSR count). The van der Waals surface area contributed by atoms with Gasteiger partial charge in [-0.3, -0.25) is 10.1 Å². The molecule has 0 fully saturated rings. The largest absolute Gasteiger partial charge is 0.327 e. The first-order valence-corrected chi connectivity index (χ1v) is 5.92. The first-order valence-electron chi connectivity index (χ1n) is 5.92. The molecule has 4 heteroatoms. The Morgan fingerprint density at radius 3 is 1.79 bits per heavy atom. The Morgan fingerprint density at radius 2 is 1.37 bits per heavy atom. The van der Waals surface area contributed by atoms with Crippen LogP contribution in [0.15, 0.2) is 60.7 Å². The minimum atomic E-state index is -0.521. The van der Waals surface area contributed by atoms with E-state index < -0.39 is 6.03 Å². The third-order valence-electron chi connectivity index (χ3n) is 2.73. The summed E-state index contributed by atoms with van der Waals surface area (Å²) in [6.45, 7) is 0. The third kappa shape index (κ3) is 3.42. The van der Waals surface area contributed by atoms with Gasteiger partial charge in [0.15, 0.2) is 0 Å². The van der Waals surface area contributed by atoms with E-state index in [1.54, 1.807) is 0 Å². The van der Waals surface area contributed by atoms with E-state index >= 15 is 0 Å². The van der Waals surface area contributed by atoms with E-state index in [0.717, 1.165) is 11.1 Å². The van der Waals surface area contributed by atoms with E-state index in [1.165, 1.54) is 0 Å². The molecule has 0 unspecified atom stereocenters. The van der Waals surface area contributed by atoms with E-state index in [-0.39, 0.29) is 6.04 Å². The molecule has 0 heterocycles. The number of imide groups is 1. The Bertz CT molecular complexity index is 501. The number of carbonyl (C=O) groups is 2. The molecule has 0 radical (unpaired) electrons. The van der Waals surface area contributed by atoms with Crippen molar-refractivity contribution in [3.05, 3.63) is 71.8 Å². The number of carbonyl (C=O) groups excluding carboxylic acids is 2. The molecule has 0 saturated carbocycles. The molecule has 2 aromatic rings. The lowest BCUT2D eigenvalue weighted by Gasteiger charge is -2.19. The van der Waals surface area contributed by atoms with Crippen LogP contribution < -0.4 is 10.6 Å². The average molecular weight is 254 g/mol. The molecule has 0 aromatic heterocycles.